The minimum atomic E-state index is -0.320. The van der Waals surface area contributed by atoms with Gasteiger partial charge >= 0.3 is 0 Å². The fourth-order valence-electron chi connectivity index (χ4n) is 1.72. The van der Waals surface area contributed by atoms with E-state index in [4.69, 9.17) is 17.4 Å². The molecule has 20 heavy (non-hydrogen) atoms. The first-order chi connectivity index (χ1) is 9.63. The van der Waals surface area contributed by atoms with Gasteiger partial charge in [0, 0.05) is 22.8 Å². The molecule has 2 N–H and O–H groups in total. The minimum Gasteiger partial charge on any atom is -0.336 e. The number of rotatable bonds is 6. The van der Waals surface area contributed by atoms with Gasteiger partial charge in [0.05, 0.1) is 0 Å². The molecule has 0 aliphatic rings. The van der Waals surface area contributed by atoms with Crippen molar-refractivity contribution in [2.24, 2.45) is 0 Å². The van der Waals surface area contributed by atoms with Crippen LogP contribution >= 0.6 is 23.4 Å². The number of aromatic nitrogens is 3. The van der Waals surface area contributed by atoms with E-state index in [1.807, 2.05) is 0 Å². The SMILES string of the molecule is CCCCc1nnc(SCc2c(F)cccc2Cl)n1N. The lowest BCUT2D eigenvalue weighted by atomic mass is 10.2. The number of hydrogen-bond donors (Lipinski definition) is 1. The third kappa shape index (κ3) is 3.43. The Kier molecular flexibility index (Phi) is 5.25. The molecule has 0 unspecified atom stereocenters. The Morgan fingerprint density at radius 2 is 2.20 bits per heavy atom. The van der Waals surface area contributed by atoms with Gasteiger partial charge in [0.2, 0.25) is 5.16 Å². The summed E-state index contributed by atoms with van der Waals surface area (Å²) in [6, 6.07) is 4.64. The maximum absolute atomic E-state index is 13.7. The molecule has 1 aromatic heterocycles. The van der Waals surface area contributed by atoms with E-state index in [1.165, 1.54) is 22.5 Å². The fraction of sp³-hybridized carbons (Fsp3) is 0.385. The molecule has 2 rings (SSSR count). The topological polar surface area (TPSA) is 56.7 Å². The molecule has 108 valence electrons. The summed E-state index contributed by atoms with van der Waals surface area (Å²) < 4.78 is 15.1. The highest BCUT2D eigenvalue weighted by Crippen LogP contribution is 2.27. The average molecular weight is 315 g/mol. The Labute approximate surface area is 126 Å². The lowest BCUT2D eigenvalue weighted by Crippen LogP contribution is -2.14. The van der Waals surface area contributed by atoms with Gasteiger partial charge in [-0.1, -0.05) is 42.8 Å². The summed E-state index contributed by atoms with van der Waals surface area (Å²) in [5.74, 6) is 6.72. The second kappa shape index (κ2) is 6.95. The predicted molar refractivity (Wildman–Crippen MR) is 79.8 cm³/mol. The number of nitrogens with two attached hydrogens (primary N) is 1. The lowest BCUT2D eigenvalue weighted by molar-refractivity contribution is 0.617. The van der Waals surface area contributed by atoms with Crippen LogP contribution in [-0.2, 0) is 12.2 Å². The molecule has 0 fully saturated rings. The molecule has 0 saturated carbocycles. The zero-order valence-electron chi connectivity index (χ0n) is 11.1. The molecular weight excluding hydrogens is 299 g/mol. The number of hydrogen-bond acceptors (Lipinski definition) is 4. The molecule has 0 atom stereocenters. The summed E-state index contributed by atoms with van der Waals surface area (Å²) in [6.45, 7) is 2.10. The number of nitrogen functional groups attached to an aromatic ring is 1. The Morgan fingerprint density at radius 1 is 1.40 bits per heavy atom. The van der Waals surface area contributed by atoms with Crippen LogP contribution in [-0.4, -0.2) is 14.9 Å². The van der Waals surface area contributed by atoms with Crippen molar-refractivity contribution < 1.29 is 4.39 Å². The molecule has 7 heteroatoms. The Morgan fingerprint density at radius 3 is 2.90 bits per heavy atom. The van der Waals surface area contributed by atoms with Crippen molar-refractivity contribution in [1.82, 2.24) is 14.9 Å². The van der Waals surface area contributed by atoms with Crippen molar-refractivity contribution >= 4 is 23.4 Å². The van der Waals surface area contributed by atoms with Crippen LogP contribution in [0, 0.1) is 5.82 Å². The molecule has 0 aliphatic heterocycles. The average Bonchev–Trinajstić information content (AvgIpc) is 2.77. The molecular formula is C13H16ClFN4S. The van der Waals surface area contributed by atoms with Gasteiger partial charge in [0.15, 0.2) is 5.82 Å². The quantitative estimate of drug-likeness (QED) is 0.655. The summed E-state index contributed by atoms with van der Waals surface area (Å²) in [7, 11) is 0. The molecule has 1 heterocycles. The van der Waals surface area contributed by atoms with Crippen LogP contribution in [0.2, 0.25) is 5.02 Å². The third-order valence-corrected chi connectivity index (χ3v) is 4.22. The van der Waals surface area contributed by atoms with Crippen LogP contribution in [0.1, 0.15) is 31.2 Å². The zero-order valence-corrected chi connectivity index (χ0v) is 12.7. The molecule has 4 nitrogen and oxygen atoms in total. The predicted octanol–water partition coefficient (Wildman–Crippen LogP) is 3.42. The molecule has 0 aliphatic carbocycles. The van der Waals surface area contributed by atoms with Crippen LogP contribution in [0.3, 0.4) is 0 Å². The Hall–Kier alpha value is -1.27. The lowest BCUT2D eigenvalue weighted by Gasteiger charge is -2.06. The highest BCUT2D eigenvalue weighted by molar-refractivity contribution is 7.98. The molecule has 2 aromatic rings. The second-order valence-electron chi connectivity index (χ2n) is 4.36. The molecule has 0 saturated heterocycles. The van der Waals surface area contributed by atoms with Gasteiger partial charge in [-0.2, -0.15) is 0 Å². The summed E-state index contributed by atoms with van der Waals surface area (Å²) in [4.78, 5) is 0. The number of nitrogens with zero attached hydrogens (tertiary/aromatic N) is 3. The van der Waals surface area contributed by atoms with E-state index in [2.05, 4.69) is 17.1 Å². The van der Waals surface area contributed by atoms with E-state index in [9.17, 15) is 4.39 Å². The van der Waals surface area contributed by atoms with Crippen molar-refractivity contribution in [3.05, 3.63) is 40.4 Å². The van der Waals surface area contributed by atoms with Crippen molar-refractivity contribution in [3.8, 4) is 0 Å². The standard InChI is InChI=1S/C13H16ClFN4S/c1-2-3-7-12-17-18-13(19(12)16)20-8-9-10(14)5-4-6-11(9)15/h4-6H,2-3,7-8,16H2,1H3. The van der Waals surface area contributed by atoms with E-state index < -0.39 is 0 Å². The van der Waals surface area contributed by atoms with Gasteiger partial charge in [-0.05, 0) is 18.6 Å². The molecule has 0 spiro atoms. The van der Waals surface area contributed by atoms with Gasteiger partial charge in [-0.15, -0.1) is 10.2 Å². The van der Waals surface area contributed by atoms with Crippen molar-refractivity contribution in [1.29, 1.82) is 0 Å². The normalized spacial score (nSPS) is 10.9. The van der Waals surface area contributed by atoms with Gasteiger partial charge in [0.1, 0.15) is 5.82 Å². The minimum absolute atomic E-state index is 0.320. The first-order valence-corrected chi connectivity index (χ1v) is 7.75. The third-order valence-electron chi connectivity index (χ3n) is 2.90. The van der Waals surface area contributed by atoms with Gasteiger partial charge < -0.3 is 5.84 Å². The smallest absolute Gasteiger partial charge is 0.210 e. The largest absolute Gasteiger partial charge is 0.336 e. The zero-order chi connectivity index (χ0) is 14.5. The van der Waals surface area contributed by atoms with Crippen LogP contribution in [0.15, 0.2) is 23.4 Å². The van der Waals surface area contributed by atoms with Gasteiger partial charge in [-0.25, -0.2) is 9.07 Å². The van der Waals surface area contributed by atoms with Crippen LogP contribution in [0.4, 0.5) is 4.39 Å². The van der Waals surface area contributed by atoms with E-state index in [-0.39, 0.29) is 5.82 Å². The van der Waals surface area contributed by atoms with Gasteiger partial charge in [0.25, 0.3) is 0 Å². The van der Waals surface area contributed by atoms with Crippen molar-refractivity contribution in [2.75, 3.05) is 5.84 Å². The van der Waals surface area contributed by atoms with E-state index in [0.29, 0.717) is 21.5 Å². The Bertz CT molecular complexity index is 567. The first-order valence-electron chi connectivity index (χ1n) is 6.38. The molecule has 0 amide bonds. The number of thioether (sulfide) groups is 1. The summed E-state index contributed by atoms with van der Waals surface area (Å²) in [6.07, 6.45) is 2.88. The van der Waals surface area contributed by atoms with E-state index in [0.717, 1.165) is 25.1 Å². The van der Waals surface area contributed by atoms with Crippen molar-refractivity contribution in [2.45, 2.75) is 37.1 Å². The fourth-order valence-corrected chi connectivity index (χ4v) is 2.94. The van der Waals surface area contributed by atoms with Crippen LogP contribution in [0.5, 0.6) is 0 Å². The maximum atomic E-state index is 13.7. The maximum Gasteiger partial charge on any atom is 0.210 e. The first kappa shape index (κ1) is 15.1. The molecule has 1 aromatic carbocycles. The van der Waals surface area contributed by atoms with Crippen LogP contribution in [0.25, 0.3) is 0 Å². The highest BCUT2D eigenvalue weighted by atomic mass is 35.5. The summed E-state index contributed by atoms with van der Waals surface area (Å²) in [5, 5.41) is 9.05. The molecule has 0 bridgehead atoms. The monoisotopic (exact) mass is 314 g/mol. The number of halogens is 2. The Balaban J connectivity index is 2.06. The highest BCUT2D eigenvalue weighted by Gasteiger charge is 2.12. The summed E-state index contributed by atoms with van der Waals surface area (Å²) >= 11 is 7.30. The number of aryl methyl sites for hydroxylation is 1. The van der Waals surface area contributed by atoms with Crippen LogP contribution < -0.4 is 5.84 Å². The second-order valence-corrected chi connectivity index (χ2v) is 5.71. The number of benzene rings is 1. The number of unbranched alkanes of at least 4 members (excludes halogenated alkanes) is 1. The molecule has 0 radical (unpaired) electrons. The van der Waals surface area contributed by atoms with E-state index in [1.54, 1.807) is 12.1 Å². The van der Waals surface area contributed by atoms with E-state index >= 15 is 0 Å². The van der Waals surface area contributed by atoms with Crippen molar-refractivity contribution in [3.63, 3.8) is 0 Å². The summed E-state index contributed by atoms with van der Waals surface area (Å²) in [5.41, 5.74) is 0.456. The van der Waals surface area contributed by atoms with Gasteiger partial charge in [-0.3, -0.25) is 0 Å².